The van der Waals surface area contributed by atoms with E-state index < -0.39 is 5.97 Å². The van der Waals surface area contributed by atoms with Gasteiger partial charge in [0.25, 0.3) is 5.97 Å². The van der Waals surface area contributed by atoms with Gasteiger partial charge in [-0.2, -0.15) is 0 Å². The van der Waals surface area contributed by atoms with Crippen molar-refractivity contribution in [3.05, 3.63) is 24.8 Å². The van der Waals surface area contributed by atoms with Crippen molar-refractivity contribution in [2.75, 3.05) is 0 Å². The first-order chi connectivity index (χ1) is 8.04. The number of allylic oxidation sites excluding steroid dienone is 3. The second-order valence-electron chi connectivity index (χ2n) is 3.91. The Morgan fingerprint density at radius 3 is 2.41 bits per heavy atom. The molecule has 17 heavy (non-hydrogen) atoms. The molecule has 1 unspecified atom stereocenters. The van der Waals surface area contributed by atoms with Gasteiger partial charge in [0, 0.05) is 6.92 Å². The summed E-state index contributed by atoms with van der Waals surface area (Å²) in [6.45, 7) is 6.79. The summed E-state index contributed by atoms with van der Waals surface area (Å²) in [5.41, 5.74) is 0. The molecule has 0 heterocycles. The molecule has 0 aliphatic heterocycles. The van der Waals surface area contributed by atoms with Crippen molar-refractivity contribution in [3.63, 3.8) is 0 Å². The molecule has 0 fully saturated rings. The van der Waals surface area contributed by atoms with Gasteiger partial charge in [0.15, 0.2) is 0 Å². The number of hydrogen-bond acceptors (Lipinski definition) is 2. The summed E-state index contributed by atoms with van der Waals surface area (Å²) < 4.78 is 0. The third-order valence-corrected chi connectivity index (χ3v) is 2.05. The molecule has 1 atom stereocenters. The highest BCUT2D eigenvalue weighted by Gasteiger charge is 2.00. The first-order valence-electron chi connectivity index (χ1n) is 6.19. The topological polar surface area (TPSA) is 57.5 Å². The van der Waals surface area contributed by atoms with Crippen LogP contribution in [0.2, 0.25) is 0 Å². The van der Waals surface area contributed by atoms with E-state index in [4.69, 9.17) is 9.90 Å². The van der Waals surface area contributed by atoms with Gasteiger partial charge in [-0.3, -0.25) is 4.79 Å². The number of carboxylic acid groups (broad SMARTS) is 1. The maximum Gasteiger partial charge on any atom is 0.300 e. The maximum absolute atomic E-state index is 9.42. The quantitative estimate of drug-likeness (QED) is 0.505. The SMILES string of the molecule is C=CC=CCCCCC(O)CCC.CC(=O)O. The van der Waals surface area contributed by atoms with Crippen molar-refractivity contribution >= 4 is 5.97 Å². The number of aliphatic hydroxyl groups excluding tert-OH is 1. The molecule has 3 heteroatoms. The minimum absolute atomic E-state index is 0.0756. The summed E-state index contributed by atoms with van der Waals surface area (Å²) in [6, 6.07) is 0. The van der Waals surface area contributed by atoms with Crippen LogP contribution in [0.1, 0.15) is 52.4 Å². The zero-order valence-electron chi connectivity index (χ0n) is 11.1. The lowest BCUT2D eigenvalue weighted by Gasteiger charge is -2.07. The predicted octanol–water partition coefficient (Wildman–Crippen LogP) is 3.54. The fourth-order valence-corrected chi connectivity index (χ4v) is 1.31. The smallest absolute Gasteiger partial charge is 0.300 e. The van der Waals surface area contributed by atoms with Gasteiger partial charge in [-0.15, -0.1) is 0 Å². The monoisotopic (exact) mass is 242 g/mol. The number of carbonyl (C=O) groups is 1. The largest absolute Gasteiger partial charge is 0.481 e. The second-order valence-corrected chi connectivity index (χ2v) is 3.91. The van der Waals surface area contributed by atoms with Gasteiger partial charge in [0.05, 0.1) is 6.10 Å². The standard InChI is InChI=1S/C12H22O.C2H4O2/c1-3-5-6-7-8-9-11-12(13)10-4-2;1-2(3)4/h3,5-6,12-13H,1,4,7-11H2,2H3;1H3,(H,3,4). The molecule has 0 aromatic rings. The minimum atomic E-state index is -0.833. The van der Waals surface area contributed by atoms with Crippen molar-refractivity contribution in [2.45, 2.75) is 58.5 Å². The molecule has 0 rings (SSSR count). The highest BCUT2D eigenvalue weighted by atomic mass is 16.4. The van der Waals surface area contributed by atoms with E-state index in [0.717, 1.165) is 39.0 Å². The zero-order chi connectivity index (χ0) is 13.5. The summed E-state index contributed by atoms with van der Waals surface area (Å²) in [5.74, 6) is -0.833. The van der Waals surface area contributed by atoms with Crippen LogP contribution in [0.4, 0.5) is 0 Å². The Labute approximate surface area is 105 Å². The average molecular weight is 242 g/mol. The molecular weight excluding hydrogens is 216 g/mol. The average Bonchev–Trinajstić information content (AvgIpc) is 2.23. The number of aliphatic carboxylic acids is 1. The maximum atomic E-state index is 9.42. The predicted molar refractivity (Wildman–Crippen MR) is 72.0 cm³/mol. The molecule has 0 saturated carbocycles. The van der Waals surface area contributed by atoms with Crippen LogP contribution in [-0.2, 0) is 4.79 Å². The summed E-state index contributed by atoms with van der Waals surface area (Å²) in [5, 5.41) is 16.8. The Kier molecular flexibility index (Phi) is 16.0. The second kappa shape index (κ2) is 14.9. The molecule has 0 saturated heterocycles. The Hall–Kier alpha value is -1.09. The number of unbranched alkanes of at least 4 members (excludes halogenated alkanes) is 2. The normalized spacial score (nSPS) is 11.7. The summed E-state index contributed by atoms with van der Waals surface area (Å²) in [7, 11) is 0. The summed E-state index contributed by atoms with van der Waals surface area (Å²) in [4.78, 5) is 9.00. The summed E-state index contributed by atoms with van der Waals surface area (Å²) >= 11 is 0. The molecular formula is C14H26O3. The van der Waals surface area contributed by atoms with Gasteiger partial charge in [0.2, 0.25) is 0 Å². The molecule has 0 aromatic carbocycles. The van der Waals surface area contributed by atoms with E-state index in [9.17, 15) is 5.11 Å². The fourth-order valence-electron chi connectivity index (χ4n) is 1.31. The van der Waals surface area contributed by atoms with Crippen LogP contribution in [0.15, 0.2) is 24.8 Å². The Balaban J connectivity index is 0. The molecule has 2 N–H and O–H groups in total. The molecule has 0 aliphatic carbocycles. The third-order valence-electron chi connectivity index (χ3n) is 2.05. The van der Waals surface area contributed by atoms with Crippen LogP contribution >= 0.6 is 0 Å². The van der Waals surface area contributed by atoms with Gasteiger partial charge in [-0.1, -0.05) is 44.6 Å². The van der Waals surface area contributed by atoms with Crippen molar-refractivity contribution < 1.29 is 15.0 Å². The Morgan fingerprint density at radius 1 is 1.35 bits per heavy atom. The van der Waals surface area contributed by atoms with Gasteiger partial charge < -0.3 is 10.2 Å². The van der Waals surface area contributed by atoms with Crippen LogP contribution in [0.5, 0.6) is 0 Å². The van der Waals surface area contributed by atoms with Crippen molar-refractivity contribution in [1.29, 1.82) is 0 Å². The first-order valence-corrected chi connectivity index (χ1v) is 6.19. The Bertz CT molecular complexity index is 206. The van der Waals surface area contributed by atoms with E-state index in [1.165, 1.54) is 6.42 Å². The van der Waals surface area contributed by atoms with Crippen LogP contribution in [0.25, 0.3) is 0 Å². The lowest BCUT2D eigenvalue weighted by Crippen LogP contribution is -2.04. The lowest BCUT2D eigenvalue weighted by molar-refractivity contribution is -0.134. The summed E-state index contributed by atoms with van der Waals surface area (Å²) in [6.07, 6.45) is 12.2. The highest BCUT2D eigenvalue weighted by molar-refractivity contribution is 5.62. The first kappa shape index (κ1) is 18.3. The van der Waals surface area contributed by atoms with Crippen molar-refractivity contribution in [1.82, 2.24) is 0 Å². The lowest BCUT2D eigenvalue weighted by atomic mass is 10.1. The third kappa shape index (κ3) is 25.3. The van der Waals surface area contributed by atoms with Crippen LogP contribution in [-0.4, -0.2) is 22.3 Å². The molecule has 0 amide bonds. The fraction of sp³-hybridized carbons (Fsp3) is 0.643. The minimum Gasteiger partial charge on any atom is -0.481 e. The molecule has 0 radical (unpaired) electrons. The van der Waals surface area contributed by atoms with E-state index in [-0.39, 0.29) is 6.10 Å². The number of aliphatic hydroxyl groups is 1. The molecule has 0 spiro atoms. The van der Waals surface area contributed by atoms with E-state index in [1.54, 1.807) is 6.08 Å². The van der Waals surface area contributed by atoms with Gasteiger partial charge in [0.1, 0.15) is 0 Å². The molecule has 100 valence electrons. The van der Waals surface area contributed by atoms with Crippen LogP contribution in [0.3, 0.4) is 0 Å². The van der Waals surface area contributed by atoms with Gasteiger partial charge in [-0.05, 0) is 25.7 Å². The van der Waals surface area contributed by atoms with E-state index in [2.05, 4.69) is 19.6 Å². The number of carboxylic acids is 1. The van der Waals surface area contributed by atoms with Crippen LogP contribution < -0.4 is 0 Å². The van der Waals surface area contributed by atoms with Crippen molar-refractivity contribution in [3.8, 4) is 0 Å². The van der Waals surface area contributed by atoms with E-state index in [0.29, 0.717) is 0 Å². The Morgan fingerprint density at radius 2 is 1.94 bits per heavy atom. The molecule has 0 aromatic heterocycles. The number of hydrogen-bond donors (Lipinski definition) is 2. The van der Waals surface area contributed by atoms with Crippen LogP contribution in [0, 0.1) is 0 Å². The molecule has 3 nitrogen and oxygen atoms in total. The zero-order valence-corrected chi connectivity index (χ0v) is 11.1. The molecule has 0 aliphatic rings. The van der Waals surface area contributed by atoms with Gasteiger partial charge in [-0.25, -0.2) is 0 Å². The number of rotatable bonds is 8. The van der Waals surface area contributed by atoms with E-state index >= 15 is 0 Å². The van der Waals surface area contributed by atoms with E-state index in [1.807, 2.05) is 6.08 Å². The van der Waals surface area contributed by atoms with Crippen molar-refractivity contribution in [2.24, 2.45) is 0 Å². The van der Waals surface area contributed by atoms with Gasteiger partial charge >= 0.3 is 0 Å². The highest BCUT2D eigenvalue weighted by Crippen LogP contribution is 2.08. The molecule has 0 bridgehead atoms.